The minimum Gasteiger partial charge on any atom is -0.310 e. The Hall–Kier alpha value is -1.20. The van der Waals surface area contributed by atoms with Crippen molar-refractivity contribution in [2.24, 2.45) is 0 Å². The van der Waals surface area contributed by atoms with Gasteiger partial charge in [-0.05, 0) is 45.8 Å². The predicted octanol–water partition coefficient (Wildman–Crippen LogP) is 3.79. The van der Waals surface area contributed by atoms with Crippen LogP contribution < -0.4 is 5.32 Å². The van der Waals surface area contributed by atoms with Gasteiger partial charge in [0.2, 0.25) is 5.91 Å². The normalized spacial score (nSPS) is 10.1. The van der Waals surface area contributed by atoms with Gasteiger partial charge in [0.1, 0.15) is 5.82 Å². The molecule has 0 aliphatic carbocycles. The third kappa shape index (κ3) is 3.92. The molecule has 0 radical (unpaired) electrons. The molecular weight excluding hydrogens is 360 g/mol. The third-order valence-electron chi connectivity index (χ3n) is 2.27. The van der Waals surface area contributed by atoms with Crippen molar-refractivity contribution in [3.05, 3.63) is 57.1 Å². The van der Waals surface area contributed by atoms with E-state index in [1.807, 2.05) is 30.3 Å². The second-order valence-electron chi connectivity index (χ2n) is 3.71. The number of benzene rings is 1. The Morgan fingerprint density at radius 3 is 2.33 bits per heavy atom. The lowest BCUT2D eigenvalue weighted by molar-refractivity contribution is -0.115. The molecule has 92 valence electrons. The van der Waals surface area contributed by atoms with Crippen LogP contribution in [0.15, 0.2) is 51.5 Å². The van der Waals surface area contributed by atoms with E-state index >= 15 is 0 Å². The molecule has 0 spiro atoms. The molecule has 1 N–H and O–H groups in total. The summed E-state index contributed by atoms with van der Waals surface area (Å²) >= 11 is 6.65. The van der Waals surface area contributed by atoms with Crippen LogP contribution in [-0.4, -0.2) is 10.9 Å². The number of nitrogens with zero attached hydrogens (tertiary/aromatic N) is 1. The maximum absolute atomic E-state index is 11.8. The van der Waals surface area contributed by atoms with Gasteiger partial charge in [-0.25, -0.2) is 4.98 Å². The number of nitrogens with one attached hydrogen (secondary N) is 1. The van der Waals surface area contributed by atoms with E-state index in [9.17, 15) is 4.79 Å². The standard InChI is InChI=1S/C13H10Br2N2O/c14-10-3-1-9(2-4-10)7-13(18)17-12-6-5-11(15)8-16-12/h1-6,8H,7H2,(H,16,17,18). The smallest absolute Gasteiger partial charge is 0.229 e. The zero-order valence-electron chi connectivity index (χ0n) is 9.36. The van der Waals surface area contributed by atoms with Crippen molar-refractivity contribution in [2.75, 3.05) is 5.32 Å². The summed E-state index contributed by atoms with van der Waals surface area (Å²) in [7, 11) is 0. The van der Waals surface area contributed by atoms with Crippen molar-refractivity contribution in [3.8, 4) is 0 Å². The summed E-state index contributed by atoms with van der Waals surface area (Å²) in [6, 6.07) is 11.3. The lowest BCUT2D eigenvalue weighted by Crippen LogP contribution is -2.15. The Kier molecular flexibility index (Phi) is 4.49. The van der Waals surface area contributed by atoms with E-state index in [2.05, 4.69) is 42.2 Å². The summed E-state index contributed by atoms with van der Waals surface area (Å²) in [6.45, 7) is 0. The van der Waals surface area contributed by atoms with Gasteiger partial charge in [0.05, 0.1) is 6.42 Å². The van der Waals surface area contributed by atoms with Crippen LogP contribution >= 0.6 is 31.9 Å². The van der Waals surface area contributed by atoms with Crippen molar-refractivity contribution in [1.29, 1.82) is 0 Å². The van der Waals surface area contributed by atoms with Crippen LogP contribution in [0.5, 0.6) is 0 Å². The number of pyridine rings is 1. The molecule has 0 aliphatic heterocycles. The largest absolute Gasteiger partial charge is 0.310 e. The molecule has 1 amide bonds. The molecule has 3 nitrogen and oxygen atoms in total. The Bertz CT molecular complexity index is 488. The summed E-state index contributed by atoms with van der Waals surface area (Å²) in [4.78, 5) is 15.9. The van der Waals surface area contributed by atoms with E-state index in [1.54, 1.807) is 12.3 Å². The SMILES string of the molecule is O=C(Cc1ccc(Br)cc1)Nc1ccc(Br)cn1. The Morgan fingerprint density at radius 1 is 1.06 bits per heavy atom. The average molecular weight is 370 g/mol. The molecule has 5 heteroatoms. The van der Waals surface area contributed by atoms with Gasteiger partial charge < -0.3 is 5.32 Å². The van der Waals surface area contributed by atoms with Crippen molar-refractivity contribution in [3.63, 3.8) is 0 Å². The zero-order valence-corrected chi connectivity index (χ0v) is 12.5. The fraction of sp³-hybridized carbons (Fsp3) is 0.0769. The van der Waals surface area contributed by atoms with Crippen molar-refractivity contribution >= 4 is 43.6 Å². The highest BCUT2D eigenvalue weighted by Crippen LogP contribution is 2.13. The number of rotatable bonds is 3. The fourth-order valence-corrected chi connectivity index (χ4v) is 1.92. The van der Waals surface area contributed by atoms with E-state index in [-0.39, 0.29) is 5.91 Å². The summed E-state index contributed by atoms with van der Waals surface area (Å²) in [5.74, 6) is 0.479. The van der Waals surface area contributed by atoms with E-state index < -0.39 is 0 Å². The highest BCUT2D eigenvalue weighted by atomic mass is 79.9. The first kappa shape index (κ1) is 13.2. The number of amides is 1. The Balaban J connectivity index is 1.96. The highest BCUT2D eigenvalue weighted by Gasteiger charge is 2.04. The molecule has 0 bridgehead atoms. The van der Waals surface area contributed by atoms with Crippen LogP contribution in [-0.2, 0) is 11.2 Å². The van der Waals surface area contributed by atoms with Gasteiger partial charge in [0.15, 0.2) is 0 Å². The van der Waals surface area contributed by atoms with Crippen LogP contribution in [0.4, 0.5) is 5.82 Å². The minimum absolute atomic E-state index is 0.0767. The number of hydrogen-bond donors (Lipinski definition) is 1. The van der Waals surface area contributed by atoms with Crippen LogP contribution in [0.2, 0.25) is 0 Å². The Labute approximate surface area is 122 Å². The van der Waals surface area contributed by atoms with Crippen LogP contribution in [0.1, 0.15) is 5.56 Å². The molecule has 18 heavy (non-hydrogen) atoms. The second kappa shape index (κ2) is 6.11. The quantitative estimate of drug-likeness (QED) is 0.894. The molecule has 1 aromatic heterocycles. The molecule has 0 atom stereocenters. The first-order valence-corrected chi connectivity index (χ1v) is 6.88. The molecule has 0 saturated heterocycles. The summed E-state index contributed by atoms with van der Waals surface area (Å²) < 4.78 is 1.88. The van der Waals surface area contributed by atoms with Crippen molar-refractivity contribution in [1.82, 2.24) is 4.98 Å². The first-order valence-electron chi connectivity index (χ1n) is 5.29. The first-order chi connectivity index (χ1) is 8.63. The minimum atomic E-state index is -0.0767. The monoisotopic (exact) mass is 368 g/mol. The second-order valence-corrected chi connectivity index (χ2v) is 5.54. The molecule has 0 aliphatic rings. The maximum atomic E-state index is 11.8. The van der Waals surface area contributed by atoms with Gasteiger partial charge in [-0.3, -0.25) is 4.79 Å². The van der Waals surface area contributed by atoms with E-state index in [0.29, 0.717) is 12.2 Å². The summed E-state index contributed by atoms with van der Waals surface area (Å²) in [6.07, 6.45) is 1.99. The number of anilines is 1. The van der Waals surface area contributed by atoms with Gasteiger partial charge in [-0.1, -0.05) is 28.1 Å². The Morgan fingerprint density at radius 2 is 1.72 bits per heavy atom. The molecule has 2 rings (SSSR count). The van der Waals surface area contributed by atoms with Gasteiger partial charge >= 0.3 is 0 Å². The maximum Gasteiger partial charge on any atom is 0.229 e. The molecule has 1 heterocycles. The number of halogens is 2. The van der Waals surface area contributed by atoms with E-state index in [1.165, 1.54) is 0 Å². The van der Waals surface area contributed by atoms with Gasteiger partial charge in [0, 0.05) is 15.1 Å². The number of hydrogen-bond acceptors (Lipinski definition) is 2. The van der Waals surface area contributed by atoms with E-state index in [0.717, 1.165) is 14.5 Å². The number of carbonyl (C=O) groups is 1. The third-order valence-corrected chi connectivity index (χ3v) is 3.27. The zero-order chi connectivity index (χ0) is 13.0. The lowest BCUT2D eigenvalue weighted by Gasteiger charge is -2.04. The molecule has 0 fully saturated rings. The molecule has 1 aromatic carbocycles. The predicted molar refractivity (Wildman–Crippen MR) is 78.4 cm³/mol. The lowest BCUT2D eigenvalue weighted by atomic mass is 10.1. The van der Waals surface area contributed by atoms with Gasteiger partial charge in [0.25, 0.3) is 0 Å². The topological polar surface area (TPSA) is 42.0 Å². The molecule has 0 saturated carbocycles. The fourth-order valence-electron chi connectivity index (χ4n) is 1.42. The summed E-state index contributed by atoms with van der Waals surface area (Å²) in [5, 5.41) is 2.75. The molecular formula is C13H10Br2N2O. The molecule has 0 unspecified atom stereocenters. The number of aromatic nitrogens is 1. The highest BCUT2D eigenvalue weighted by molar-refractivity contribution is 9.10. The number of carbonyl (C=O) groups excluding carboxylic acids is 1. The van der Waals surface area contributed by atoms with Crippen molar-refractivity contribution < 1.29 is 4.79 Å². The van der Waals surface area contributed by atoms with Crippen LogP contribution in [0.25, 0.3) is 0 Å². The summed E-state index contributed by atoms with van der Waals surface area (Å²) in [5.41, 5.74) is 0.966. The molecule has 2 aromatic rings. The van der Waals surface area contributed by atoms with Gasteiger partial charge in [-0.15, -0.1) is 0 Å². The van der Waals surface area contributed by atoms with Crippen molar-refractivity contribution in [2.45, 2.75) is 6.42 Å². The average Bonchev–Trinajstić information content (AvgIpc) is 2.35. The van der Waals surface area contributed by atoms with Crippen LogP contribution in [0.3, 0.4) is 0 Å². The van der Waals surface area contributed by atoms with Crippen LogP contribution in [0, 0.1) is 0 Å². The van der Waals surface area contributed by atoms with Gasteiger partial charge in [-0.2, -0.15) is 0 Å². The van der Waals surface area contributed by atoms with E-state index in [4.69, 9.17) is 0 Å².